The molecule has 1 aliphatic rings. The van der Waals surface area contributed by atoms with Crippen molar-refractivity contribution in [1.82, 2.24) is 0 Å². The Morgan fingerprint density at radius 1 is 0.900 bits per heavy atom. The molecule has 3 rings (SSSR count). The zero-order chi connectivity index (χ0) is 21.7. The van der Waals surface area contributed by atoms with E-state index in [-0.39, 0.29) is 23.1 Å². The molecule has 1 heterocycles. The van der Waals surface area contributed by atoms with Crippen LogP contribution in [0.25, 0.3) is 12.2 Å². The second-order valence-corrected chi connectivity index (χ2v) is 6.51. The number of hydrogen-bond acceptors (Lipinski definition) is 7. The van der Waals surface area contributed by atoms with Gasteiger partial charge in [0.1, 0.15) is 0 Å². The van der Waals surface area contributed by atoms with Gasteiger partial charge in [-0.1, -0.05) is 35.9 Å². The zero-order valence-corrected chi connectivity index (χ0v) is 16.7. The van der Waals surface area contributed by atoms with Crippen LogP contribution in [-0.4, -0.2) is 23.8 Å². The predicted octanol–water partition coefficient (Wildman–Crippen LogP) is 3.86. The van der Waals surface area contributed by atoms with Gasteiger partial charge in [0, 0.05) is 19.9 Å². The van der Waals surface area contributed by atoms with Crippen LogP contribution in [0, 0.1) is 6.92 Å². The zero-order valence-electron chi connectivity index (χ0n) is 16.7. The number of hydrogen-bond donors (Lipinski definition) is 0. The van der Waals surface area contributed by atoms with Crippen molar-refractivity contribution in [2.75, 3.05) is 0 Å². The van der Waals surface area contributed by atoms with Gasteiger partial charge in [0.15, 0.2) is 17.2 Å². The Balaban J connectivity index is 1.84. The predicted molar refractivity (Wildman–Crippen MR) is 111 cm³/mol. The summed E-state index contributed by atoms with van der Waals surface area (Å²) in [5, 5.41) is 0. The molecule has 0 spiro atoms. The van der Waals surface area contributed by atoms with E-state index < -0.39 is 17.9 Å². The van der Waals surface area contributed by atoms with Crippen molar-refractivity contribution < 1.29 is 28.6 Å². The number of carbonyl (C=O) groups is 3. The minimum Gasteiger partial charge on any atom is -0.423 e. The van der Waals surface area contributed by atoms with Crippen LogP contribution in [0.5, 0.6) is 11.5 Å². The molecule has 2 aromatic rings. The molecule has 0 aliphatic carbocycles. The second kappa shape index (κ2) is 9.00. The van der Waals surface area contributed by atoms with E-state index in [9.17, 15) is 14.4 Å². The summed E-state index contributed by atoms with van der Waals surface area (Å²) in [5.41, 5.74) is 2.70. The van der Waals surface area contributed by atoms with Gasteiger partial charge in [-0.3, -0.25) is 9.59 Å². The topological polar surface area (TPSA) is 91.3 Å². The van der Waals surface area contributed by atoms with Gasteiger partial charge >= 0.3 is 17.9 Å². The van der Waals surface area contributed by atoms with E-state index in [1.807, 2.05) is 31.2 Å². The van der Waals surface area contributed by atoms with Crippen molar-refractivity contribution in [3.05, 3.63) is 70.9 Å². The number of aryl methyl sites for hydroxylation is 1. The highest BCUT2D eigenvalue weighted by molar-refractivity contribution is 6.11. The number of rotatable bonds is 5. The maximum Gasteiger partial charge on any atom is 0.363 e. The molecule has 0 radical (unpaired) electrons. The third-order valence-corrected chi connectivity index (χ3v) is 3.91. The summed E-state index contributed by atoms with van der Waals surface area (Å²) < 4.78 is 15.3. The highest BCUT2D eigenvalue weighted by Gasteiger charge is 2.21. The Morgan fingerprint density at radius 2 is 1.53 bits per heavy atom. The first-order valence-electron chi connectivity index (χ1n) is 9.08. The van der Waals surface area contributed by atoms with Crippen molar-refractivity contribution >= 4 is 36.0 Å². The minimum atomic E-state index is -0.600. The molecule has 0 aromatic heterocycles. The lowest BCUT2D eigenvalue weighted by Crippen LogP contribution is -2.07. The molecule has 7 nitrogen and oxygen atoms in total. The summed E-state index contributed by atoms with van der Waals surface area (Å²) in [6.45, 7) is 4.47. The molecule has 0 fully saturated rings. The third-order valence-electron chi connectivity index (χ3n) is 3.91. The molecule has 0 amide bonds. The SMILES string of the molecule is CC(=O)Oc1ccc(C=C2N=C(C=Cc3ccc(C)cc3)OC2=O)cc1OC(C)=O. The molecule has 30 heavy (non-hydrogen) atoms. The molecule has 0 bridgehead atoms. The molecule has 0 saturated heterocycles. The summed E-state index contributed by atoms with van der Waals surface area (Å²) in [7, 11) is 0. The van der Waals surface area contributed by atoms with E-state index in [2.05, 4.69) is 4.99 Å². The molecule has 1 aliphatic heterocycles. The first-order chi connectivity index (χ1) is 14.3. The normalized spacial score (nSPS) is 14.6. The summed E-state index contributed by atoms with van der Waals surface area (Å²) >= 11 is 0. The van der Waals surface area contributed by atoms with Gasteiger partial charge < -0.3 is 14.2 Å². The number of esters is 3. The standard InChI is InChI=1S/C23H19NO6/c1-14-4-6-17(7-5-14)9-11-22-24-19(23(27)30-22)12-18-8-10-20(28-15(2)25)21(13-18)29-16(3)26/h4-13H,1-3H3. The number of carbonyl (C=O) groups excluding carboxylic acids is 3. The smallest absolute Gasteiger partial charge is 0.363 e. The molecule has 152 valence electrons. The Morgan fingerprint density at radius 3 is 2.20 bits per heavy atom. The molecular weight excluding hydrogens is 386 g/mol. The molecule has 2 aromatic carbocycles. The van der Waals surface area contributed by atoms with Crippen LogP contribution in [0.1, 0.15) is 30.5 Å². The van der Waals surface area contributed by atoms with Crippen LogP contribution in [0.3, 0.4) is 0 Å². The van der Waals surface area contributed by atoms with Crippen LogP contribution in [0.2, 0.25) is 0 Å². The maximum atomic E-state index is 12.1. The van der Waals surface area contributed by atoms with E-state index in [4.69, 9.17) is 14.2 Å². The largest absolute Gasteiger partial charge is 0.423 e. The van der Waals surface area contributed by atoms with Gasteiger partial charge in [0.2, 0.25) is 5.90 Å². The average molecular weight is 405 g/mol. The van der Waals surface area contributed by atoms with Crippen molar-refractivity contribution in [2.24, 2.45) is 4.99 Å². The summed E-state index contributed by atoms with van der Waals surface area (Å²) in [5.74, 6) is -1.40. The fourth-order valence-electron chi connectivity index (χ4n) is 2.59. The van der Waals surface area contributed by atoms with Crippen LogP contribution in [-0.2, 0) is 19.1 Å². The van der Waals surface area contributed by atoms with E-state index in [1.165, 1.54) is 32.1 Å². The average Bonchev–Trinajstić information content (AvgIpc) is 3.02. The number of ether oxygens (including phenoxy) is 3. The highest BCUT2D eigenvalue weighted by Crippen LogP contribution is 2.30. The number of benzene rings is 2. The molecular formula is C23H19NO6. The molecule has 0 saturated carbocycles. The van der Waals surface area contributed by atoms with E-state index in [0.717, 1.165) is 11.1 Å². The summed E-state index contributed by atoms with van der Waals surface area (Å²) in [6.07, 6.45) is 4.89. The van der Waals surface area contributed by atoms with Gasteiger partial charge in [-0.2, -0.15) is 0 Å². The van der Waals surface area contributed by atoms with Gasteiger partial charge in [-0.25, -0.2) is 9.79 Å². The Labute approximate surface area is 173 Å². The van der Waals surface area contributed by atoms with Crippen molar-refractivity contribution in [3.8, 4) is 11.5 Å². The Kier molecular flexibility index (Phi) is 6.22. The van der Waals surface area contributed by atoms with Crippen molar-refractivity contribution in [3.63, 3.8) is 0 Å². The van der Waals surface area contributed by atoms with Gasteiger partial charge in [-0.15, -0.1) is 0 Å². The lowest BCUT2D eigenvalue weighted by Gasteiger charge is -2.09. The summed E-state index contributed by atoms with van der Waals surface area (Å²) in [4.78, 5) is 38.9. The van der Waals surface area contributed by atoms with Crippen molar-refractivity contribution in [2.45, 2.75) is 20.8 Å². The Bertz CT molecular complexity index is 1090. The quantitative estimate of drug-likeness (QED) is 0.426. The van der Waals surface area contributed by atoms with Crippen molar-refractivity contribution in [1.29, 1.82) is 0 Å². The number of cyclic esters (lactones) is 1. The van der Waals surface area contributed by atoms with E-state index in [1.54, 1.807) is 18.2 Å². The fourth-order valence-corrected chi connectivity index (χ4v) is 2.59. The van der Waals surface area contributed by atoms with Crippen LogP contribution < -0.4 is 9.47 Å². The van der Waals surface area contributed by atoms with Gasteiger partial charge in [-0.05, 0) is 42.3 Å². The Hall–Kier alpha value is -4.00. The van der Waals surface area contributed by atoms with E-state index >= 15 is 0 Å². The first kappa shape index (κ1) is 20.7. The second-order valence-electron chi connectivity index (χ2n) is 6.51. The summed E-state index contributed by atoms with van der Waals surface area (Å²) in [6, 6.07) is 12.4. The highest BCUT2D eigenvalue weighted by atomic mass is 16.6. The molecule has 0 unspecified atom stereocenters. The van der Waals surface area contributed by atoms with Crippen LogP contribution in [0.15, 0.2) is 59.2 Å². The first-order valence-corrected chi connectivity index (χ1v) is 9.08. The fraction of sp³-hybridized carbons (Fsp3) is 0.130. The molecule has 0 atom stereocenters. The van der Waals surface area contributed by atoms with Crippen LogP contribution in [0.4, 0.5) is 0 Å². The van der Waals surface area contributed by atoms with E-state index in [0.29, 0.717) is 5.56 Å². The van der Waals surface area contributed by atoms with Crippen LogP contribution >= 0.6 is 0 Å². The monoisotopic (exact) mass is 405 g/mol. The lowest BCUT2D eigenvalue weighted by molar-refractivity contribution is -0.134. The molecule has 0 N–H and O–H groups in total. The maximum absolute atomic E-state index is 12.1. The van der Waals surface area contributed by atoms with Gasteiger partial charge in [0.25, 0.3) is 0 Å². The molecule has 7 heteroatoms. The number of aliphatic imine (C=N–C) groups is 1. The van der Waals surface area contributed by atoms with Gasteiger partial charge in [0.05, 0.1) is 0 Å². The minimum absolute atomic E-state index is 0.0573. The third kappa shape index (κ3) is 5.51. The number of nitrogens with zero attached hydrogens (tertiary/aromatic N) is 1. The lowest BCUT2D eigenvalue weighted by atomic mass is 10.1.